The molecule has 0 saturated heterocycles. The number of rotatable bonds is 4. The van der Waals surface area contributed by atoms with Crippen molar-refractivity contribution in [3.05, 3.63) is 12.2 Å². The van der Waals surface area contributed by atoms with E-state index < -0.39 is 0 Å². The van der Waals surface area contributed by atoms with Crippen LogP contribution in [0, 0.1) is 35.0 Å². The molecule has 4 saturated carbocycles. The van der Waals surface area contributed by atoms with Crippen molar-refractivity contribution < 1.29 is 9.53 Å². The molecule has 23 heavy (non-hydrogen) atoms. The second-order valence-electron chi connectivity index (χ2n) is 10.0. The van der Waals surface area contributed by atoms with Crippen molar-refractivity contribution in [2.45, 2.75) is 78.7 Å². The van der Waals surface area contributed by atoms with Gasteiger partial charge in [0.25, 0.3) is 0 Å². The highest BCUT2D eigenvalue weighted by atomic mass is 16.6. The molecule has 2 nitrogen and oxygen atoms in total. The Hall–Kier alpha value is -0.790. The van der Waals surface area contributed by atoms with E-state index in [1.807, 2.05) is 0 Å². The normalized spacial score (nSPS) is 38.9. The molecule has 0 radical (unpaired) electrons. The van der Waals surface area contributed by atoms with Crippen molar-refractivity contribution >= 4 is 5.97 Å². The van der Waals surface area contributed by atoms with Crippen LogP contribution in [0.4, 0.5) is 0 Å². The summed E-state index contributed by atoms with van der Waals surface area (Å²) in [5, 5.41) is 0. The summed E-state index contributed by atoms with van der Waals surface area (Å²) in [5.74, 6) is 3.18. The standard InChI is InChI=1S/C21H34O2/c1-13(2)21(23-19(22)14(3)12-20(4,5)6)17-8-15-7-16(10-17)11-18(21)9-15/h13,15-18H,3,7-12H2,1-2,4-6H3. The molecule has 4 aliphatic rings. The van der Waals surface area contributed by atoms with Crippen LogP contribution in [0.1, 0.15) is 73.1 Å². The maximum atomic E-state index is 12.8. The zero-order valence-corrected chi connectivity index (χ0v) is 15.7. The van der Waals surface area contributed by atoms with Gasteiger partial charge in [-0.1, -0.05) is 41.2 Å². The van der Waals surface area contributed by atoms with Gasteiger partial charge >= 0.3 is 5.97 Å². The predicted molar refractivity (Wildman–Crippen MR) is 93.9 cm³/mol. The molecule has 0 amide bonds. The maximum Gasteiger partial charge on any atom is 0.333 e. The van der Waals surface area contributed by atoms with E-state index in [4.69, 9.17) is 4.74 Å². The Kier molecular flexibility index (Phi) is 4.18. The molecule has 4 fully saturated rings. The van der Waals surface area contributed by atoms with Gasteiger partial charge in [-0.2, -0.15) is 0 Å². The fourth-order valence-electron chi connectivity index (χ4n) is 6.09. The van der Waals surface area contributed by atoms with Crippen LogP contribution in [0.3, 0.4) is 0 Å². The third-order valence-electron chi connectivity index (χ3n) is 6.62. The van der Waals surface area contributed by atoms with E-state index in [1.165, 1.54) is 32.1 Å². The topological polar surface area (TPSA) is 26.3 Å². The van der Waals surface area contributed by atoms with E-state index in [9.17, 15) is 4.79 Å². The van der Waals surface area contributed by atoms with Gasteiger partial charge in [-0.15, -0.1) is 0 Å². The fraction of sp³-hybridized carbons (Fsp3) is 0.857. The molecule has 4 bridgehead atoms. The van der Waals surface area contributed by atoms with Crippen molar-refractivity contribution in [1.29, 1.82) is 0 Å². The van der Waals surface area contributed by atoms with Crippen LogP contribution in [0.2, 0.25) is 0 Å². The van der Waals surface area contributed by atoms with Crippen LogP contribution < -0.4 is 0 Å². The molecule has 0 aromatic rings. The molecule has 2 heteroatoms. The third kappa shape index (κ3) is 2.98. The van der Waals surface area contributed by atoms with E-state index in [2.05, 4.69) is 41.2 Å². The van der Waals surface area contributed by atoms with Crippen molar-refractivity contribution in [2.75, 3.05) is 0 Å². The quantitative estimate of drug-likeness (QED) is 0.514. The highest BCUT2D eigenvalue weighted by Crippen LogP contribution is 2.61. The van der Waals surface area contributed by atoms with Crippen molar-refractivity contribution in [3.8, 4) is 0 Å². The summed E-state index contributed by atoms with van der Waals surface area (Å²) in [7, 11) is 0. The van der Waals surface area contributed by atoms with Crippen LogP contribution >= 0.6 is 0 Å². The molecule has 0 heterocycles. The van der Waals surface area contributed by atoms with Gasteiger partial charge in [-0.25, -0.2) is 4.79 Å². The highest BCUT2D eigenvalue weighted by Gasteiger charge is 2.60. The van der Waals surface area contributed by atoms with Gasteiger partial charge in [0.15, 0.2) is 0 Å². The first-order chi connectivity index (χ1) is 10.6. The van der Waals surface area contributed by atoms with E-state index in [-0.39, 0.29) is 17.0 Å². The summed E-state index contributed by atoms with van der Waals surface area (Å²) in [4.78, 5) is 12.8. The lowest BCUT2D eigenvalue weighted by Crippen LogP contribution is -2.62. The number of hydrogen-bond acceptors (Lipinski definition) is 2. The number of ether oxygens (including phenoxy) is 1. The van der Waals surface area contributed by atoms with Crippen LogP contribution in [-0.2, 0) is 9.53 Å². The van der Waals surface area contributed by atoms with Gasteiger partial charge in [0.1, 0.15) is 5.60 Å². The van der Waals surface area contributed by atoms with Gasteiger partial charge < -0.3 is 4.74 Å². The largest absolute Gasteiger partial charge is 0.455 e. The summed E-state index contributed by atoms with van der Waals surface area (Å²) >= 11 is 0. The van der Waals surface area contributed by atoms with Crippen LogP contribution in [-0.4, -0.2) is 11.6 Å². The van der Waals surface area contributed by atoms with Gasteiger partial charge in [-0.05, 0) is 73.5 Å². The highest BCUT2D eigenvalue weighted by molar-refractivity contribution is 5.88. The molecule has 0 spiro atoms. The minimum absolute atomic E-state index is 0.0746. The Labute approximate surface area is 142 Å². The van der Waals surface area contributed by atoms with Gasteiger partial charge in [0.05, 0.1) is 0 Å². The molecule has 0 unspecified atom stereocenters. The molecule has 0 N–H and O–H groups in total. The SMILES string of the molecule is C=C(CC(C)(C)C)C(=O)OC1(C(C)C)C2CC3CC(C2)CC1C3. The van der Waals surface area contributed by atoms with E-state index in [0.717, 1.165) is 11.8 Å². The summed E-state index contributed by atoms with van der Waals surface area (Å²) in [6, 6.07) is 0. The molecule has 130 valence electrons. The average Bonchev–Trinajstić information content (AvgIpc) is 2.39. The molecular formula is C21H34O2. The first-order valence-corrected chi connectivity index (χ1v) is 9.53. The summed E-state index contributed by atoms with van der Waals surface area (Å²) in [6.07, 6.45) is 7.20. The lowest BCUT2D eigenvalue weighted by atomic mass is 9.47. The number of carbonyl (C=O) groups excluding carboxylic acids is 1. The minimum atomic E-state index is -0.231. The van der Waals surface area contributed by atoms with Crippen molar-refractivity contribution in [3.63, 3.8) is 0 Å². The smallest absolute Gasteiger partial charge is 0.333 e. The van der Waals surface area contributed by atoms with Crippen LogP contribution in [0.5, 0.6) is 0 Å². The molecule has 4 aliphatic carbocycles. The van der Waals surface area contributed by atoms with Crippen LogP contribution in [0.25, 0.3) is 0 Å². The second kappa shape index (κ2) is 5.63. The Balaban J connectivity index is 1.80. The number of esters is 1. The average molecular weight is 319 g/mol. The van der Waals surface area contributed by atoms with E-state index in [0.29, 0.717) is 29.7 Å². The Morgan fingerprint density at radius 3 is 1.96 bits per heavy atom. The first-order valence-electron chi connectivity index (χ1n) is 9.53. The van der Waals surface area contributed by atoms with E-state index >= 15 is 0 Å². The summed E-state index contributed by atoms with van der Waals surface area (Å²) in [5.41, 5.74) is 0.488. The predicted octanol–water partition coefficient (Wildman–Crippen LogP) is 5.37. The summed E-state index contributed by atoms with van der Waals surface area (Å²) in [6.45, 7) is 15.0. The Morgan fingerprint density at radius 2 is 1.57 bits per heavy atom. The number of carbonyl (C=O) groups is 1. The van der Waals surface area contributed by atoms with Crippen LogP contribution in [0.15, 0.2) is 12.2 Å². The molecule has 0 aromatic carbocycles. The lowest BCUT2D eigenvalue weighted by molar-refractivity contribution is -0.222. The van der Waals surface area contributed by atoms with Crippen molar-refractivity contribution in [2.24, 2.45) is 35.0 Å². The van der Waals surface area contributed by atoms with Gasteiger partial charge in [-0.3, -0.25) is 0 Å². The zero-order valence-electron chi connectivity index (χ0n) is 15.7. The zero-order chi connectivity index (χ0) is 17.0. The molecule has 0 atom stereocenters. The lowest BCUT2D eigenvalue weighted by Gasteiger charge is -2.61. The maximum absolute atomic E-state index is 12.8. The van der Waals surface area contributed by atoms with Gasteiger partial charge in [0.2, 0.25) is 0 Å². The molecular weight excluding hydrogens is 284 g/mol. The third-order valence-corrected chi connectivity index (χ3v) is 6.62. The van der Waals surface area contributed by atoms with Crippen molar-refractivity contribution in [1.82, 2.24) is 0 Å². The molecule has 4 rings (SSSR count). The molecule has 0 aliphatic heterocycles. The fourth-order valence-corrected chi connectivity index (χ4v) is 6.09. The Bertz CT molecular complexity index is 466. The molecule has 0 aromatic heterocycles. The number of hydrogen-bond donors (Lipinski definition) is 0. The minimum Gasteiger partial charge on any atom is -0.455 e. The second-order valence-corrected chi connectivity index (χ2v) is 10.0. The Morgan fingerprint density at radius 1 is 1.09 bits per heavy atom. The van der Waals surface area contributed by atoms with E-state index in [1.54, 1.807) is 0 Å². The first kappa shape index (κ1) is 17.0. The van der Waals surface area contributed by atoms with Gasteiger partial charge in [0, 0.05) is 5.57 Å². The monoisotopic (exact) mass is 318 g/mol. The summed E-state index contributed by atoms with van der Waals surface area (Å²) < 4.78 is 6.35.